The highest BCUT2D eigenvalue weighted by molar-refractivity contribution is 14.0. The molecule has 32 heavy (non-hydrogen) atoms. The molecule has 1 saturated heterocycles. The van der Waals surface area contributed by atoms with Crippen molar-refractivity contribution >= 4 is 41.5 Å². The van der Waals surface area contributed by atoms with Crippen LogP contribution in [0, 0.1) is 0 Å². The molecule has 1 amide bonds. The van der Waals surface area contributed by atoms with Crippen molar-refractivity contribution in [3.63, 3.8) is 0 Å². The number of nitrogens with one attached hydrogen (secondary N) is 3. The van der Waals surface area contributed by atoms with Crippen molar-refractivity contribution in [1.29, 1.82) is 0 Å². The van der Waals surface area contributed by atoms with Crippen LogP contribution in [-0.4, -0.2) is 59.3 Å². The molecule has 1 aliphatic heterocycles. The minimum atomic E-state index is -0.0930. The van der Waals surface area contributed by atoms with Crippen molar-refractivity contribution in [2.45, 2.75) is 19.0 Å². The van der Waals surface area contributed by atoms with E-state index < -0.39 is 0 Å². The third-order valence-electron chi connectivity index (χ3n) is 5.33. The second-order valence-corrected chi connectivity index (χ2v) is 7.35. The number of ether oxygens (including phenoxy) is 2. The highest BCUT2D eigenvalue weighted by Crippen LogP contribution is 2.30. The number of carbonyl (C=O) groups excluding carboxylic acids is 1. The number of anilines is 1. The van der Waals surface area contributed by atoms with Crippen LogP contribution in [-0.2, 0) is 6.54 Å². The lowest BCUT2D eigenvalue weighted by Gasteiger charge is -2.21. The number of benzene rings is 2. The quantitative estimate of drug-likeness (QED) is 0.278. The third-order valence-corrected chi connectivity index (χ3v) is 5.33. The fourth-order valence-electron chi connectivity index (χ4n) is 3.63. The van der Waals surface area contributed by atoms with Gasteiger partial charge in [-0.3, -0.25) is 9.79 Å². The molecule has 2 aromatic rings. The second kappa shape index (κ2) is 12.4. The van der Waals surface area contributed by atoms with Gasteiger partial charge in [0.15, 0.2) is 5.96 Å². The molecule has 1 aliphatic rings. The van der Waals surface area contributed by atoms with Gasteiger partial charge >= 0.3 is 0 Å². The van der Waals surface area contributed by atoms with Crippen LogP contribution in [0.2, 0.25) is 0 Å². The standard InChI is InChI=1S/C23H31N5O3.HI/c1-24-22(29)17-7-5-6-16(10-17)14-26-23(25-2)27-18-8-9-28(15-18)19-11-20(30-3)13-21(12-19)31-4;/h5-7,10-13,18H,8-9,14-15H2,1-4H3,(H,24,29)(H2,25,26,27);1H. The first-order valence-electron chi connectivity index (χ1n) is 10.3. The summed E-state index contributed by atoms with van der Waals surface area (Å²) >= 11 is 0. The van der Waals surface area contributed by atoms with E-state index in [4.69, 9.17) is 9.47 Å². The van der Waals surface area contributed by atoms with Gasteiger partial charge in [0.25, 0.3) is 5.91 Å². The minimum Gasteiger partial charge on any atom is -0.497 e. The second-order valence-electron chi connectivity index (χ2n) is 7.35. The van der Waals surface area contributed by atoms with E-state index in [-0.39, 0.29) is 35.9 Å². The molecule has 0 saturated carbocycles. The van der Waals surface area contributed by atoms with Crippen molar-refractivity contribution in [2.75, 3.05) is 46.3 Å². The number of hydrogen-bond acceptors (Lipinski definition) is 5. The molecule has 174 valence electrons. The minimum absolute atomic E-state index is 0. The molecule has 1 unspecified atom stereocenters. The zero-order valence-corrected chi connectivity index (χ0v) is 21.3. The summed E-state index contributed by atoms with van der Waals surface area (Å²) < 4.78 is 10.8. The molecule has 3 rings (SSSR count). The fourth-order valence-corrected chi connectivity index (χ4v) is 3.63. The average molecular weight is 553 g/mol. The molecule has 8 nitrogen and oxygen atoms in total. The molecule has 1 heterocycles. The maximum absolute atomic E-state index is 11.8. The van der Waals surface area contributed by atoms with Crippen LogP contribution in [0.1, 0.15) is 22.3 Å². The van der Waals surface area contributed by atoms with E-state index in [2.05, 4.69) is 25.8 Å². The third kappa shape index (κ3) is 6.65. The van der Waals surface area contributed by atoms with Gasteiger partial charge in [-0.25, -0.2) is 0 Å². The summed E-state index contributed by atoms with van der Waals surface area (Å²) in [4.78, 5) is 18.5. The first-order chi connectivity index (χ1) is 15.1. The molecule has 0 radical (unpaired) electrons. The van der Waals surface area contributed by atoms with E-state index in [1.165, 1.54) is 0 Å². The number of amides is 1. The summed E-state index contributed by atoms with van der Waals surface area (Å²) in [6, 6.07) is 13.7. The van der Waals surface area contributed by atoms with Crippen LogP contribution in [0.25, 0.3) is 0 Å². The normalized spacial score (nSPS) is 15.6. The maximum Gasteiger partial charge on any atom is 0.251 e. The van der Waals surface area contributed by atoms with Crippen LogP contribution >= 0.6 is 24.0 Å². The van der Waals surface area contributed by atoms with E-state index >= 15 is 0 Å². The van der Waals surface area contributed by atoms with Gasteiger partial charge in [0, 0.05) is 69.2 Å². The Morgan fingerprint density at radius 1 is 1.16 bits per heavy atom. The molecule has 0 aliphatic carbocycles. The lowest BCUT2D eigenvalue weighted by Crippen LogP contribution is -2.44. The van der Waals surface area contributed by atoms with Crippen molar-refractivity contribution < 1.29 is 14.3 Å². The smallest absolute Gasteiger partial charge is 0.251 e. The summed E-state index contributed by atoms with van der Waals surface area (Å²) in [5, 5.41) is 9.48. The number of rotatable bonds is 7. The molecular weight excluding hydrogens is 521 g/mol. The Bertz CT molecular complexity index is 915. The van der Waals surface area contributed by atoms with Crippen molar-refractivity contribution in [2.24, 2.45) is 4.99 Å². The number of aliphatic imine (C=N–C) groups is 1. The van der Waals surface area contributed by atoms with Crippen molar-refractivity contribution in [3.05, 3.63) is 53.6 Å². The number of guanidine groups is 1. The first kappa shape index (κ1) is 25.6. The first-order valence-corrected chi connectivity index (χ1v) is 10.3. The van der Waals surface area contributed by atoms with Crippen LogP contribution in [0.3, 0.4) is 0 Å². The molecule has 1 atom stereocenters. The predicted molar refractivity (Wildman–Crippen MR) is 139 cm³/mol. The number of methoxy groups -OCH3 is 2. The molecule has 3 N–H and O–H groups in total. The molecule has 0 spiro atoms. The van der Waals surface area contributed by atoms with Gasteiger partial charge in [0.05, 0.1) is 14.2 Å². The maximum atomic E-state index is 11.8. The lowest BCUT2D eigenvalue weighted by atomic mass is 10.1. The Balaban J connectivity index is 0.00000363. The summed E-state index contributed by atoms with van der Waals surface area (Å²) in [5.41, 5.74) is 2.74. The topological polar surface area (TPSA) is 87.2 Å². The van der Waals surface area contributed by atoms with Crippen molar-refractivity contribution in [1.82, 2.24) is 16.0 Å². The van der Waals surface area contributed by atoms with Crippen LogP contribution in [0.15, 0.2) is 47.5 Å². The molecular formula is C23H32IN5O3. The number of carbonyl (C=O) groups is 1. The Morgan fingerprint density at radius 3 is 2.50 bits per heavy atom. The van der Waals surface area contributed by atoms with Gasteiger partial charge in [-0.05, 0) is 24.1 Å². The Hall–Kier alpha value is -2.69. The van der Waals surface area contributed by atoms with Crippen LogP contribution < -0.4 is 30.3 Å². The van der Waals surface area contributed by atoms with E-state index in [9.17, 15) is 4.79 Å². The number of nitrogens with zero attached hydrogens (tertiary/aromatic N) is 2. The number of halogens is 1. The van der Waals surface area contributed by atoms with Crippen LogP contribution in [0.4, 0.5) is 5.69 Å². The fraction of sp³-hybridized carbons (Fsp3) is 0.391. The molecule has 9 heteroatoms. The summed E-state index contributed by atoms with van der Waals surface area (Å²) in [5.74, 6) is 2.20. The lowest BCUT2D eigenvalue weighted by molar-refractivity contribution is 0.0963. The van der Waals surface area contributed by atoms with Gasteiger partial charge in [0.2, 0.25) is 0 Å². The van der Waals surface area contributed by atoms with E-state index in [1.807, 2.05) is 36.4 Å². The Labute approximate surface area is 206 Å². The largest absolute Gasteiger partial charge is 0.497 e. The van der Waals surface area contributed by atoms with E-state index in [0.29, 0.717) is 12.1 Å². The highest BCUT2D eigenvalue weighted by atomic mass is 127. The van der Waals surface area contributed by atoms with Gasteiger partial charge in [-0.15, -0.1) is 24.0 Å². The summed E-state index contributed by atoms with van der Waals surface area (Å²) in [6.45, 7) is 2.36. The van der Waals surface area contributed by atoms with Crippen LogP contribution in [0.5, 0.6) is 11.5 Å². The zero-order valence-electron chi connectivity index (χ0n) is 19.0. The summed E-state index contributed by atoms with van der Waals surface area (Å²) in [7, 11) is 6.71. The highest BCUT2D eigenvalue weighted by Gasteiger charge is 2.24. The molecule has 1 fully saturated rings. The van der Waals surface area contributed by atoms with E-state index in [1.54, 1.807) is 34.4 Å². The number of hydrogen-bond donors (Lipinski definition) is 3. The average Bonchev–Trinajstić information content (AvgIpc) is 3.29. The SMILES string of the molecule is CN=C(NCc1cccc(C(=O)NC)c1)NC1CCN(c2cc(OC)cc(OC)c2)C1.I. The van der Waals surface area contributed by atoms with E-state index in [0.717, 1.165) is 48.2 Å². The summed E-state index contributed by atoms with van der Waals surface area (Å²) in [6.07, 6.45) is 0.992. The van der Waals surface area contributed by atoms with Gasteiger partial charge in [-0.2, -0.15) is 0 Å². The Kier molecular flexibility index (Phi) is 9.89. The van der Waals surface area contributed by atoms with Gasteiger partial charge < -0.3 is 30.3 Å². The zero-order chi connectivity index (χ0) is 22.2. The Morgan fingerprint density at radius 2 is 1.88 bits per heavy atom. The van der Waals surface area contributed by atoms with Gasteiger partial charge in [-0.1, -0.05) is 12.1 Å². The predicted octanol–water partition coefficient (Wildman–Crippen LogP) is 2.63. The monoisotopic (exact) mass is 553 g/mol. The molecule has 0 aromatic heterocycles. The molecule has 2 aromatic carbocycles. The van der Waals surface area contributed by atoms with Gasteiger partial charge in [0.1, 0.15) is 11.5 Å². The van der Waals surface area contributed by atoms with Crippen molar-refractivity contribution in [3.8, 4) is 11.5 Å². The molecule has 0 bridgehead atoms.